The van der Waals surface area contributed by atoms with E-state index in [0.717, 1.165) is 6.07 Å². The second kappa shape index (κ2) is 7.04. The second-order valence-electron chi connectivity index (χ2n) is 4.12. The van der Waals surface area contributed by atoms with Crippen molar-refractivity contribution in [3.63, 3.8) is 0 Å². The molecule has 0 aliphatic heterocycles. The average Bonchev–Trinajstić information content (AvgIpc) is 2.42. The number of benzene rings is 1. The van der Waals surface area contributed by atoms with E-state index in [-0.39, 0.29) is 35.6 Å². The Morgan fingerprint density at radius 2 is 2.05 bits per heavy atom. The van der Waals surface area contributed by atoms with Crippen LogP contribution in [0.2, 0.25) is 0 Å². The minimum Gasteiger partial charge on any atom is -0.496 e. The van der Waals surface area contributed by atoms with Gasteiger partial charge in [-0.25, -0.2) is 13.1 Å². The van der Waals surface area contributed by atoms with Gasteiger partial charge in [0.1, 0.15) is 5.75 Å². The molecule has 9 heteroatoms. The number of nitrogens with two attached hydrogens (primary N) is 1. The highest BCUT2D eigenvalue weighted by Crippen LogP contribution is 2.21. The zero-order chi connectivity index (χ0) is 16.0. The minimum absolute atomic E-state index is 0.0213. The number of aliphatic carboxylic acids is 1. The molecule has 0 heterocycles. The fourth-order valence-electron chi connectivity index (χ4n) is 1.58. The first-order chi connectivity index (χ1) is 9.77. The number of ether oxygens (including phenoxy) is 1. The summed E-state index contributed by atoms with van der Waals surface area (Å²) < 4.78 is 31.2. The molecule has 1 aromatic rings. The van der Waals surface area contributed by atoms with Gasteiger partial charge in [-0.2, -0.15) is 0 Å². The number of sulfonamides is 1. The summed E-state index contributed by atoms with van der Waals surface area (Å²) in [6.07, 6.45) is 0.0189. The van der Waals surface area contributed by atoms with Gasteiger partial charge in [0.2, 0.25) is 10.0 Å². The van der Waals surface area contributed by atoms with Gasteiger partial charge in [-0.1, -0.05) is 0 Å². The molecule has 0 fully saturated rings. The van der Waals surface area contributed by atoms with Gasteiger partial charge in [0.05, 0.1) is 17.6 Å². The third-order valence-electron chi connectivity index (χ3n) is 2.61. The molecule has 0 bridgehead atoms. The van der Waals surface area contributed by atoms with Crippen LogP contribution in [0.1, 0.15) is 23.2 Å². The lowest BCUT2D eigenvalue weighted by molar-refractivity contribution is -0.137. The maximum atomic E-state index is 12.0. The van der Waals surface area contributed by atoms with Crippen molar-refractivity contribution in [2.24, 2.45) is 5.73 Å². The van der Waals surface area contributed by atoms with Gasteiger partial charge in [0, 0.05) is 13.0 Å². The van der Waals surface area contributed by atoms with E-state index in [1.807, 2.05) is 0 Å². The van der Waals surface area contributed by atoms with Gasteiger partial charge in [-0.15, -0.1) is 0 Å². The molecule has 21 heavy (non-hydrogen) atoms. The standard InChI is InChI=1S/C12H16N2O6S/c1-20-10-5-4-8(7-9(10)12(13)17)21(18,19)14-6-2-3-11(15)16/h4-5,7,14H,2-3,6H2,1H3,(H2,13,17)(H,15,16). The largest absolute Gasteiger partial charge is 0.496 e. The van der Waals surface area contributed by atoms with E-state index in [1.54, 1.807) is 0 Å². The number of carboxylic acid groups (broad SMARTS) is 1. The summed E-state index contributed by atoms with van der Waals surface area (Å²) in [5.74, 6) is -1.64. The van der Waals surface area contributed by atoms with Crippen LogP contribution in [-0.4, -0.2) is 39.1 Å². The molecule has 0 saturated carbocycles. The molecule has 0 unspecified atom stereocenters. The van der Waals surface area contributed by atoms with E-state index in [0.29, 0.717) is 0 Å². The van der Waals surface area contributed by atoms with Crippen molar-refractivity contribution in [3.05, 3.63) is 23.8 Å². The Kier molecular flexibility index (Phi) is 5.68. The number of carbonyl (C=O) groups is 2. The first-order valence-electron chi connectivity index (χ1n) is 5.97. The van der Waals surface area contributed by atoms with Crippen LogP contribution in [0.25, 0.3) is 0 Å². The molecule has 0 aliphatic rings. The highest BCUT2D eigenvalue weighted by atomic mass is 32.2. The van der Waals surface area contributed by atoms with Crippen molar-refractivity contribution < 1.29 is 27.9 Å². The molecule has 0 aromatic heterocycles. The molecule has 1 aromatic carbocycles. The number of nitrogens with one attached hydrogen (secondary N) is 1. The second-order valence-corrected chi connectivity index (χ2v) is 5.89. The topological polar surface area (TPSA) is 136 Å². The van der Waals surface area contributed by atoms with E-state index >= 15 is 0 Å². The fraction of sp³-hybridized carbons (Fsp3) is 0.333. The highest BCUT2D eigenvalue weighted by molar-refractivity contribution is 7.89. The summed E-state index contributed by atoms with van der Waals surface area (Å²) in [5, 5.41) is 8.47. The summed E-state index contributed by atoms with van der Waals surface area (Å²) in [6, 6.07) is 3.71. The van der Waals surface area contributed by atoms with Gasteiger partial charge in [0.25, 0.3) is 5.91 Å². The molecule has 0 radical (unpaired) electrons. The van der Waals surface area contributed by atoms with E-state index in [2.05, 4.69) is 4.72 Å². The van der Waals surface area contributed by atoms with Crippen LogP contribution in [0.3, 0.4) is 0 Å². The minimum atomic E-state index is -3.85. The van der Waals surface area contributed by atoms with Crippen LogP contribution < -0.4 is 15.2 Å². The normalized spacial score (nSPS) is 11.1. The summed E-state index contributed by atoms with van der Waals surface area (Å²) in [7, 11) is -2.51. The number of rotatable bonds is 8. The Labute approximate surface area is 122 Å². The lowest BCUT2D eigenvalue weighted by Crippen LogP contribution is -2.25. The van der Waals surface area contributed by atoms with Crippen molar-refractivity contribution in [2.75, 3.05) is 13.7 Å². The molecule has 116 valence electrons. The zero-order valence-corrected chi connectivity index (χ0v) is 12.1. The number of hydrogen-bond acceptors (Lipinski definition) is 5. The molecule has 0 spiro atoms. The van der Waals surface area contributed by atoms with Crippen molar-refractivity contribution in [3.8, 4) is 5.75 Å². The third-order valence-corrected chi connectivity index (χ3v) is 4.06. The molecule has 0 aliphatic carbocycles. The smallest absolute Gasteiger partial charge is 0.303 e. The van der Waals surface area contributed by atoms with Gasteiger partial charge in [0.15, 0.2) is 0 Å². The quantitative estimate of drug-likeness (QED) is 0.575. The predicted octanol–water partition coefficient (Wildman–Crippen LogP) is -0.0628. The Morgan fingerprint density at radius 3 is 2.57 bits per heavy atom. The van der Waals surface area contributed by atoms with Crippen LogP contribution in [-0.2, 0) is 14.8 Å². The number of hydrogen-bond donors (Lipinski definition) is 3. The highest BCUT2D eigenvalue weighted by Gasteiger charge is 2.18. The molecule has 8 nitrogen and oxygen atoms in total. The van der Waals surface area contributed by atoms with Gasteiger partial charge < -0.3 is 15.6 Å². The number of primary amides is 1. The number of methoxy groups -OCH3 is 1. The van der Waals surface area contributed by atoms with Crippen molar-refractivity contribution in [2.45, 2.75) is 17.7 Å². The Hall–Kier alpha value is -2.13. The molecule has 1 rings (SSSR count). The van der Waals surface area contributed by atoms with Crippen LogP contribution in [0, 0.1) is 0 Å². The summed E-state index contributed by atoms with van der Waals surface area (Å²) in [4.78, 5) is 21.5. The van der Waals surface area contributed by atoms with Crippen molar-refractivity contribution >= 4 is 21.9 Å². The lowest BCUT2D eigenvalue weighted by Gasteiger charge is -2.10. The molecule has 4 N–H and O–H groups in total. The Morgan fingerprint density at radius 1 is 1.38 bits per heavy atom. The first-order valence-corrected chi connectivity index (χ1v) is 7.45. The number of carboxylic acids is 1. The molecule has 1 amide bonds. The summed E-state index contributed by atoms with van der Waals surface area (Å²) in [5.41, 5.74) is 5.11. The van der Waals surface area contributed by atoms with E-state index < -0.39 is 21.9 Å². The maximum absolute atomic E-state index is 12.0. The third kappa shape index (κ3) is 4.72. The molecule has 0 saturated heterocycles. The Balaban J connectivity index is 2.90. The average molecular weight is 316 g/mol. The predicted molar refractivity (Wildman–Crippen MR) is 73.6 cm³/mol. The lowest BCUT2D eigenvalue weighted by atomic mass is 10.2. The fourth-order valence-corrected chi connectivity index (χ4v) is 2.68. The van der Waals surface area contributed by atoms with E-state index in [9.17, 15) is 18.0 Å². The zero-order valence-electron chi connectivity index (χ0n) is 11.3. The number of amides is 1. The monoisotopic (exact) mass is 316 g/mol. The molecule has 0 atom stereocenters. The van der Waals surface area contributed by atoms with Gasteiger partial charge in [-0.05, 0) is 24.6 Å². The van der Waals surface area contributed by atoms with Crippen LogP contribution >= 0.6 is 0 Å². The number of carbonyl (C=O) groups excluding carboxylic acids is 1. The first kappa shape index (κ1) is 16.9. The molecular weight excluding hydrogens is 300 g/mol. The van der Waals surface area contributed by atoms with Crippen molar-refractivity contribution in [1.29, 1.82) is 0 Å². The molecular formula is C12H16N2O6S. The van der Waals surface area contributed by atoms with E-state index in [4.69, 9.17) is 15.6 Å². The van der Waals surface area contributed by atoms with Crippen LogP contribution in [0.15, 0.2) is 23.1 Å². The van der Waals surface area contributed by atoms with Gasteiger partial charge in [-0.3, -0.25) is 9.59 Å². The summed E-state index contributed by atoms with van der Waals surface area (Å²) >= 11 is 0. The van der Waals surface area contributed by atoms with Crippen LogP contribution in [0.5, 0.6) is 5.75 Å². The summed E-state index contributed by atoms with van der Waals surface area (Å²) in [6.45, 7) is -0.0213. The maximum Gasteiger partial charge on any atom is 0.303 e. The van der Waals surface area contributed by atoms with Crippen LogP contribution in [0.4, 0.5) is 0 Å². The van der Waals surface area contributed by atoms with Gasteiger partial charge >= 0.3 is 5.97 Å². The SMILES string of the molecule is COc1ccc(S(=O)(=O)NCCCC(=O)O)cc1C(N)=O. The van der Waals surface area contributed by atoms with E-state index in [1.165, 1.54) is 19.2 Å². The van der Waals surface area contributed by atoms with Crippen molar-refractivity contribution in [1.82, 2.24) is 4.72 Å². The Bertz CT molecular complexity index is 641.